The van der Waals surface area contributed by atoms with Crippen LogP contribution in [0.25, 0.3) is 10.2 Å². The van der Waals surface area contributed by atoms with Crippen LogP contribution < -0.4 is 9.64 Å². The molecule has 0 saturated heterocycles. The van der Waals surface area contributed by atoms with Crippen LogP contribution in [-0.2, 0) is 17.8 Å². The summed E-state index contributed by atoms with van der Waals surface area (Å²) < 4.78 is 6.31. The molecule has 2 aromatic heterocycles. The minimum Gasteiger partial charge on any atom is -0.497 e. The maximum atomic E-state index is 13.3. The smallest absolute Gasteiger partial charge is 0.239 e. The molecule has 1 amide bonds. The lowest BCUT2D eigenvalue weighted by Crippen LogP contribution is -2.31. The van der Waals surface area contributed by atoms with Crippen molar-refractivity contribution in [1.29, 1.82) is 0 Å². The number of carbonyl (C=O) groups excluding carboxylic acids is 1. The molecule has 0 aliphatic carbocycles. The number of ether oxygens (including phenoxy) is 1. The second-order valence-electron chi connectivity index (χ2n) is 6.95. The van der Waals surface area contributed by atoms with E-state index in [9.17, 15) is 4.79 Å². The molecule has 0 unspecified atom stereocenters. The number of fused-ring (bicyclic) bond motifs is 1. The predicted molar refractivity (Wildman–Crippen MR) is 128 cm³/mol. The number of thioether (sulfide) groups is 1. The van der Waals surface area contributed by atoms with Gasteiger partial charge in [-0.1, -0.05) is 24.3 Å². The van der Waals surface area contributed by atoms with Crippen molar-refractivity contribution in [1.82, 2.24) is 9.97 Å². The van der Waals surface area contributed by atoms with Crippen molar-refractivity contribution in [2.24, 2.45) is 0 Å². The zero-order valence-electron chi connectivity index (χ0n) is 17.4. The molecule has 0 spiro atoms. The first kappa shape index (κ1) is 21.3. The van der Waals surface area contributed by atoms with Gasteiger partial charge in [-0.3, -0.25) is 14.7 Å². The van der Waals surface area contributed by atoms with E-state index in [-0.39, 0.29) is 5.91 Å². The van der Waals surface area contributed by atoms with E-state index in [0.717, 1.165) is 38.0 Å². The molecule has 7 heteroatoms. The van der Waals surface area contributed by atoms with E-state index in [1.807, 2.05) is 42.5 Å². The lowest BCUT2D eigenvalue weighted by atomic mass is 10.2. The number of aryl methyl sites for hydroxylation is 1. The second-order valence-corrected chi connectivity index (χ2v) is 9.01. The summed E-state index contributed by atoms with van der Waals surface area (Å²) in [5.41, 5.74) is 3.21. The first-order valence-electron chi connectivity index (χ1n) is 10.0. The van der Waals surface area contributed by atoms with Gasteiger partial charge < -0.3 is 4.74 Å². The summed E-state index contributed by atoms with van der Waals surface area (Å²) in [6.45, 7) is 2.60. The molecular weight excluding hydrogens is 426 g/mol. The Hall–Kier alpha value is -2.90. The van der Waals surface area contributed by atoms with E-state index in [2.05, 4.69) is 24.0 Å². The third-order valence-electron chi connectivity index (χ3n) is 4.89. The number of amides is 1. The molecule has 0 N–H and O–H groups in total. The van der Waals surface area contributed by atoms with E-state index in [0.29, 0.717) is 12.3 Å². The molecule has 0 aliphatic heterocycles. The van der Waals surface area contributed by atoms with Crippen LogP contribution in [0.2, 0.25) is 0 Å². The van der Waals surface area contributed by atoms with Crippen LogP contribution in [0.15, 0.2) is 71.9 Å². The minimum atomic E-state index is 0.0207. The van der Waals surface area contributed by atoms with E-state index in [1.54, 1.807) is 35.7 Å². The molecule has 31 heavy (non-hydrogen) atoms. The van der Waals surface area contributed by atoms with Gasteiger partial charge in [-0.05, 0) is 66.1 Å². The monoisotopic (exact) mass is 449 g/mol. The highest BCUT2D eigenvalue weighted by Gasteiger charge is 2.20. The Labute approximate surface area is 190 Å². The lowest BCUT2D eigenvalue weighted by molar-refractivity contribution is -0.116. The van der Waals surface area contributed by atoms with Crippen LogP contribution >= 0.6 is 23.1 Å². The van der Waals surface area contributed by atoms with E-state index in [4.69, 9.17) is 9.72 Å². The number of nitrogens with zero attached hydrogens (tertiary/aromatic N) is 3. The molecule has 2 heterocycles. The zero-order valence-corrected chi connectivity index (χ0v) is 19.1. The third-order valence-corrected chi connectivity index (χ3v) is 6.93. The number of hydrogen-bond acceptors (Lipinski definition) is 6. The van der Waals surface area contributed by atoms with Crippen molar-refractivity contribution in [3.8, 4) is 5.75 Å². The summed E-state index contributed by atoms with van der Waals surface area (Å²) in [4.78, 5) is 24.9. The van der Waals surface area contributed by atoms with Gasteiger partial charge in [0.2, 0.25) is 5.91 Å². The largest absolute Gasteiger partial charge is 0.497 e. The van der Waals surface area contributed by atoms with Crippen LogP contribution in [-0.4, -0.2) is 28.7 Å². The Bertz CT molecular complexity index is 1160. The van der Waals surface area contributed by atoms with Gasteiger partial charge in [0, 0.05) is 17.3 Å². The fourth-order valence-electron chi connectivity index (χ4n) is 3.12. The number of thiazole rings is 1. The lowest BCUT2D eigenvalue weighted by Gasteiger charge is -2.20. The Morgan fingerprint density at radius 2 is 1.84 bits per heavy atom. The summed E-state index contributed by atoms with van der Waals surface area (Å²) in [6.07, 6.45) is 4.47. The van der Waals surface area contributed by atoms with E-state index < -0.39 is 0 Å². The van der Waals surface area contributed by atoms with Gasteiger partial charge in [-0.15, -0.1) is 11.8 Å². The molecule has 5 nitrogen and oxygen atoms in total. The van der Waals surface area contributed by atoms with Gasteiger partial charge in [-0.25, -0.2) is 4.98 Å². The number of carbonyl (C=O) groups is 1. The molecule has 0 radical (unpaired) electrons. The summed E-state index contributed by atoms with van der Waals surface area (Å²) in [5.74, 6) is 1.15. The van der Waals surface area contributed by atoms with Crippen LogP contribution in [0.1, 0.15) is 18.1 Å². The molecule has 158 valence electrons. The third kappa shape index (κ3) is 5.24. The second kappa shape index (κ2) is 9.94. The molecule has 0 fully saturated rings. The highest BCUT2D eigenvalue weighted by Crippen LogP contribution is 2.32. The molecule has 0 atom stereocenters. The highest BCUT2D eigenvalue weighted by atomic mass is 32.2. The number of pyridine rings is 1. The number of rotatable bonds is 8. The van der Waals surface area contributed by atoms with Crippen molar-refractivity contribution >= 4 is 44.4 Å². The van der Waals surface area contributed by atoms with Crippen molar-refractivity contribution in [3.63, 3.8) is 0 Å². The zero-order chi connectivity index (χ0) is 21.6. The quantitative estimate of drug-likeness (QED) is 0.328. The molecular formula is C24H23N3O2S2. The number of benzene rings is 2. The molecule has 0 saturated carbocycles. The molecule has 4 aromatic rings. The first-order chi connectivity index (χ1) is 15.2. The van der Waals surface area contributed by atoms with E-state index in [1.165, 1.54) is 17.3 Å². The number of hydrogen-bond donors (Lipinski definition) is 0. The summed E-state index contributed by atoms with van der Waals surface area (Å²) >= 11 is 3.07. The van der Waals surface area contributed by atoms with Gasteiger partial charge in [0.1, 0.15) is 5.75 Å². The Kier molecular flexibility index (Phi) is 6.84. The number of anilines is 1. The average molecular weight is 450 g/mol. The topological polar surface area (TPSA) is 55.3 Å². The van der Waals surface area contributed by atoms with Crippen LogP contribution in [0.4, 0.5) is 5.13 Å². The van der Waals surface area contributed by atoms with E-state index >= 15 is 0 Å². The summed E-state index contributed by atoms with van der Waals surface area (Å²) in [7, 11) is 1.64. The molecule has 0 aliphatic rings. The predicted octanol–water partition coefficient (Wildman–Crippen LogP) is 5.59. The minimum absolute atomic E-state index is 0.0207. The Morgan fingerprint density at radius 1 is 1.06 bits per heavy atom. The number of methoxy groups -OCH3 is 1. The van der Waals surface area contributed by atoms with Gasteiger partial charge >= 0.3 is 0 Å². The summed E-state index contributed by atoms with van der Waals surface area (Å²) in [6, 6.07) is 17.9. The Morgan fingerprint density at radius 3 is 2.55 bits per heavy atom. The fraction of sp³-hybridized carbons (Fsp3) is 0.208. The summed E-state index contributed by atoms with van der Waals surface area (Å²) in [5, 5.41) is 0.723. The SMILES string of the molecule is CCc1ccc2nc(N(Cc3ccncc3)C(=O)CSc3ccc(OC)cc3)sc2c1. The average Bonchev–Trinajstić information content (AvgIpc) is 3.25. The molecule has 4 rings (SSSR count). The van der Waals surface area contributed by atoms with Crippen LogP contribution in [0.3, 0.4) is 0 Å². The molecule has 2 aromatic carbocycles. The molecule has 0 bridgehead atoms. The van der Waals surface area contributed by atoms with Crippen molar-refractivity contribution in [3.05, 3.63) is 78.1 Å². The standard InChI is InChI=1S/C24H23N3O2S2/c1-3-17-4-9-21-22(14-17)31-24(26-21)27(15-18-10-12-25-13-11-18)23(28)16-30-20-7-5-19(29-2)6-8-20/h4-14H,3,15-16H2,1-2H3. The maximum Gasteiger partial charge on any atom is 0.239 e. The van der Waals surface area contributed by atoms with Crippen molar-refractivity contribution in [2.45, 2.75) is 24.8 Å². The first-order valence-corrected chi connectivity index (χ1v) is 11.8. The highest BCUT2D eigenvalue weighted by molar-refractivity contribution is 8.00. The van der Waals surface area contributed by atoms with Gasteiger partial charge in [0.15, 0.2) is 5.13 Å². The van der Waals surface area contributed by atoms with Crippen molar-refractivity contribution in [2.75, 3.05) is 17.8 Å². The maximum absolute atomic E-state index is 13.3. The fourth-order valence-corrected chi connectivity index (χ4v) is 4.94. The van der Waals surface area contributed by atoms with Gasteiger partial charge in [0.25, 0.3) is 0 Å². The van der Waals surface area contributed by atoms with Crippen molar-refractivity contribution < 1.29 is 9.53 Å². The van der Waals surface area contributed by atoms with Crippen LogP contribution in [0, 0.1) is 0 Å². The Balaban J connectivity index is 1.58. The van der Waals surface area contributed by atoms with Gasteiger partial charge in [-0.2, -0.15) is 0 Å². The normalized spacial score (nSPS) is 10.9. The van der Waals surface area contributed by atoms with Gasteiger partial charge in [0.05, 0.1) is 29.6 Å². The number of aromatic nitrogens is 2. The van der Waals surface area contributed by atoms with Crippen LogP contribution in [0.5, 0.6) is 5.75 Å².